The summed E-state index contributed by atoms with van der Waals surface area (Å²) in [5.74, 6) is 0.840. The molecule has 0 aliphatic carbocycles. The summed E-state index contributed by atoms with van der Waals surface area (Å²) in [5.41, 5.74) is 2.93. The number of thiocarbonyl (C=S) groups is 1. The molecule has 2 aliphatic rings. The van der Waals surface area contributed by atoms with Gasteiger partial charge < -0.3 is 14.4 Å². The lowest BCUT2D eigenvalue weighted by Gasteiger charge is -2.15. The summed E-state index contributed by atoms with van der Waals surface area (Å²) >= 11 is 6.68. The molecule has 0 atom stereocenters. The molecule has 2 heterocycles. The molecule has 4 rings (SSSR count). The zero-order valence-electron chi connectivity index (χ0n) is 17.8. The average molecular weight is 467 g/mol. The van der Waals surface area contributed by atoms with Crippen LogP contribution in [0.1, 0.15) is 11.1 Å². The Balaban J connectivity index is 1.60. The number of fused-ring (bicyclic) bond motifs is 1. The van der Waals surface area contributed by atoms with E-state index in [0.717, 1.165) is 16.8 Å². The van der Waals surface area contributed by atoms with Crippen LogP contribution < -0.4 is 14.4 Å². The third kappa shape index (κ3) is 3.80. The molecule has 2 amide bonds. The fourth-order valence-electron chi connectivity index (χ4n) is 3.83. The molecule has 0 N–H and O–H groups in total. The number of ether oxygens (including phenoxy) is 2. The van der Waals surface area contributed by atoms with Crippen molar-refractivity contribution in [2.75, 3.05) is 32.2 Å². The van der Waals surface area contributed by atoms with Gasteiger partial charge in [-0.3, -0.25) is 14.5 Å². The van der Waals surface area contributed by atoms with Gasteiger partial charge in [-0.2, -0.15) is 0 Å². The minimum Gasteiger partial charge on any atom is -0.493 e. The van der Waals surface area contributed by atoms with E-state index in [0.29, 0.717) is 45.8 Å². The van der Waals surface area contributed by atoms with E-state index in [4.69, 9.17) is 21.7 Å². The van der Waals surface area contributed by atoms with Crippen LogP contribution in [0.2, 0.25) is 0 Å². The van der Waals surface area contributed by atoms with Gasteiger partial charge in [0.25, 0.3) is 11.8 Å². The van der Waals surface area contributed by atoms with Crippen molar-refractivity contribution in [3.05, 3.63) is 71.2 Å². The average Bonchev–Trinajstić information content (AvgIpc) is 3.24. The first-order valence-electron chi connectivity index (χ1n) is 10.0. The van der Waals surface area contributed by atoms with E-state index in [9.17, 15) is 9.59 Å². The van der Waals surface area contributed by atoms with Gasteiger partial charge in [0.05, 0.1) is 30.4 Å². The van der Waals surface area contributed by atoms with Gasteiger partial charge in [-0.25, -0.2) is 0 Å². The smallest absolute Gasteiger partial charge is 0.267 e. The molecular weight excluding hydrogens is 444 g/mol. The highest BCUT2D eigenvalue weighted by Gasteiger charge is 2.41. The topological polar surface area (TPSA) is 59.1 Å². The summed E-state index contributed by atoms with van der Waals surface area (Å²) in [4.78, 5) is 30.0. The fourth-order valence-corrected chi connectivity index (χ4v) is 5.21. The SMILES string of the molecule is C=CCN1C(=O)C(=C2SC(=S)N(CCc3ccc(OC)c(OC)c3)C2=O)c2ccccc21. The van der Waals surface area contributed by atoms with E-state index >= 15 is 0 Å². The Morgan fingerprint density at radius 3 is 2.50 bits per heavy atom. The summed E-state index contributed by atoms with van der Waals surface area (Å²) in [7, 11) is 3.17. The summed E-state index contributed by atoms with van der Waals surface area (Å²) in [6.45, 7) is 4.52. The minimum absolute atomic E-state index is 0.202. The van der Waals surface area contributed by atoms with Crippen molar-refractivity contribution in [3.63, 3.8) is 0 Å². The lowest BCUT2D eigenvalue weighted by Crippen LogP contribution is -2.31. The highest BCUT2D eigenvalue weighted by molar-refractivity contribution is 8.26. The van der Waals surface area contributed by atoms with Crippen molar-refractivity contribution >= 4 is 51.4 Å². The molecule has 0 bridgehead atoms. The Labute approximate surface area is 196 Å². The largest absolute Gasteiger partial charge is 0.493 e. The number of thioether (sulfide) groups is 1. The fraction of sp³-hybridized carbons (Fsp3) is 0.208. The first-order chi connectivity index (χ1) is 15.5. The normalized spacial score (nSPS) is 17.8. The first kappa shape index (κ1) is 22.1. The van der Waals surface area contributed by atoms with Gasteiger partial charge in [0.15, 0.2) is 11.5 Å². The number of carbonyl (C=O) groups is 2. The standard InChI is InChI=1S/C24H22N2O4S2/c1-4-12-25-17-8-6-5-7-16(17)20(22(25)27)21-23(28)26(24(31)32-21)13-11-15-9-10-18(29-2)19(14-15)30-3/h4-10,14H,1,11-13H2,2-3H3. The van der Waals surface area contributed by atoms with Crippen molar-refractivity contribution in [1.82, 2.24) is 4.90 Å². The second-order valence-corrected chi connectivity index (χ2v) is 8.83. The van der Waals surface area contributed by atoms with E-state index in [-0.39, 0.29) is 11.8 Å². The molecule has 2 aliphatic heterocycles. The summed E-state index contributed by atoms with van der Waals surface area (Å²) < 4.78 is 11.1. The molecule has 0 saturated carbocycles. The number of carbonyl (C=O) groups excluding carboxylic acids is 2. The molecule has 164 valence electrons. The van der Waals surface area contributed by atoms with Gasteiger partial charge in [-0.05, 0) is 30.2 Å². The predicted molar refractivity (Wildman–Crippen MR) is 131 cm³/mol. The maximum atomic E-state index is 13.3. The number of methoxy groups -OCH3 is 2. The second kappa shape index (κ2) is 9.18. The number of nitrogens with zero attached hydrogens (tertiary/aromatic N) is 2. The van der Waals surface area contributed by atoms with Crippen LogP contribution >= 0.6 is 24.0 Å². The zero-order valence-corrected chi connectivity index (χ0v) is 19.4. The monoisotopic (exact) mass is 466 g/mol. The van der Waals surface area contributed by atoms with Crippen molar-refractivity contribution in [2.24, 2.45) is 0 Å². The van der Waals surface area contributed by atoms with Crippen molar-refractivity contribution in [1.29, 1.82) is 0 Å². The van der Waals surface area contributed by atoms with Gasteiger partial charge >= 0.3 is 0 Å². The molecule has 8 heteroatoms. The van der Waals surface area contributed by atoms with E-state index in [1.165, 1.54) is 11.8 Å². The number of hydrogen-bond donors (Lipinski definition) is 0. The van der Waals surface area contributed by atoms with Gasteiger partial charge in [-0.1, -0.05) is 54.3 Å². The van der Waals surface area contributed by atoms with Crippen LogP contribution in [0.25, 0.3) is 5.57 Å². The molecule has 0 aromatic heterocycles. The molecule has 1 saturated heterocycles. The molecule has 0 unspecified atom stereocenters. The molecule has 0 radical (unpaired) electrons. The molecule has 2 aromatic rings. The van der Waals surface area contributed by atoms with E-state index < -0.39 is 0 Å². The van der Waals surface area contributed by atoms with E-state index in [1.807, 2.05) is 42.5 Å². The van der Waals surface area contributed by atoms with E-state index in [2.05, 4.69) is 6.58 Å². The third-order valence-corrected chi connectivity index (χ3v) is 6.83. The zero-order chi connectivity index (χ0) is 22.8. The quantitative estimate of drug-likeness (QED) is 0.349. The number of benzene rings is 2. The Kier molecular flexibility index (Phi) is 6.34. The molecule has 0 spiro atoms. The molecular formula is C24H22N2O4S2. The maximum Gasteiger partial charge on any atom is 0.267 e. The maximum absolute atomic E-state index is 13.3. The van der Waals surface area contributed by atoms with Crippen LogP contribution in [0, 0.1) is 0 Å². The Morgan fingerprint density at radius 2 is 1.78 bits per heavy atom. The highest BCUT2D eigenvalue weighted by atomic mass is 32.2. The predicted octanol–water partition coefficient (Wildman–Crippen LogP) is 4.05. The summed E-state index contributed by atoms with van der Waals surface area (Å²) in [6.07, 6.45) is 2.26. The van der Waals surface area contributed by atoms with Crippen LogP contribution in [0.5, 0.6) is 11.5 Å². The summed E-state index contributed by atoms with van der Waals surface area (Å²) in [5, 5.41) is 0. The van der Waals surface area contributed by atoms with Crippen molar-refractivity contribution in [2.45, 2.75) is 6.42 Å². The molecule has 6 nitrogen and oxygen atoms in total. The van der Waals surface area contributed by atoms with Crippen LogP contribution in [-0.2, 0) is 16.0 Å². The minimum atomic E-state index is -0.237. The van der Waals surface area contributed by atoms with Crippen LogP contribution in [0.4, 0.5) is 5.69 Å². The van der Waals surface area contributed by atoms with Crippen molar-refractivity contribution < 1.29 is 19.1 Å². The molecule has 1 fully saturated rings. The molecule has 2 aromatic carbocycles. The van der Waals surface area contributed by atoms with Crippen LogP contribution in [0.15, 0.2) is 60.0 Å². The Bertz CT molecular complexity index is 1160. The van der Waals surface area contributed by atoms with Gasteiger partial charge in [-0.15, -0.1) is 6.58 Å². The molecule has 32 heavy (non-hydrogen) atoms. The van der Waals surface area contributed by atoms with E-state index in [1.54, 1.807) is 30.1 Å². The number of anilines is 1. The van der Waals surface area contributed by atoms with Gasteiger partial charge in [0.1, 0.15) is 4.32 Å². The Morgan fingerprint density at radius 1 is 1.03 bits per heavy atom. The first-order valence-corrected chi connectivity index (χ1v) is 11.2. The van der Waals surface area contributed by atoms with Crippen molar-refractivity contribution in [3.8, 4) is 11.5 Å². The number of hydrogen-bond acceptors (Lipinski definition) is 6. The second-order valence-electron chi connectivity index (χ2n) is 7.19. The van der Waals surface area contributed by atoms with Gasteiger partial charge in [0, 0.05) is 18.7 Å². The number of amides is 2. The highest BCUT2D eigenvalue weighted by Crippen LogP contribution is 2.44. The van der Waals surface area contributed by atoms with Crippen LogP contribution in [0.3, 0.4) is 0 Å². The summed E-state index contributed by atoms with van der Waals surface area (Å²) in [6, 6.07) is 13.1. The Hall–Kier alpha value is -3.10. The van der Waals surface area contributed by atoms with Crippen LogP contribution in [-0.4, -0.2) is 48.3 Å². The lowest BCUT2D eigenvalue weighted by atomic mass is 10.1. The van der Waals surface area contributed by atoms with Gasteiger partial charge in [0.2, 0.25) is 0 Å². The number of rotatable bonds is 7. The lowest BCUT2D eigenvalue weighted by molar-refractivity contribution is -0.122. The number of para-hydroxylation sites is 1. The third-order valence-electron chi connectivity index (χ3n) is 5.38.